The molecule has 1 saturated heterocycles. The van der Waals surface area contributed by atoms with E-state index in [1.54, 1.807) is 54.4 Å². The SMILES string of the molecule is CC(=O)Nc1ccc2c(c1)C(=O)N(C)[C@H]1CC[C@H](CC(=O)Nc3ccccc3Cl)O[C@@H]1CO2. The van der Waals surface area contributed by atoms with E-state index in [2.05, 4.69) is 10.6 Å². The van der Waals surface area contributed by atoms with Crippen LogP contribution in [0.1, 0.15) is 36.5 Å². The van der Waals surface area contributed by atoms with Crippen molar-refractivity contribution in [1.82, 2.24) is 4.90 Å². The van der Waals surface area contributed by atoms with Gasteiger partial charge in [0.2, 0.25) is 11.8 Å². The maximum Gasteiger partial charge on any atom is 0.257 e. The minimum Gasteiger partial charge on any atom is -0.490 e. The monoisotopic (exact) mass is 471 g/mol. The minimum atomic E-state index is -0.367. The standard InChI is InChI=1S/C24H26ClN3O5/c1-14(29)26-15-7-10-21-17(11-15)24(31)28(2)20-9-8-16(33-22(20)13-32-21)12-23(30)27-19-6-4-3-5-18(19)25/h3-7,10-11,16,20,22H,8-9,12-13H2,1-2H3,(H,26,29)(H,27,30)/t16-,20+,22-/m1/s1. The summed E-state index contributed by atoms with van der Waals surface area (Å²) < 4.78 is 12.1. The first kappa shape index (κ1) is 23.1. The first-order valence-electron chi connectivity index (χ1n) is 10.8. The van der Waals surface area contributed by atoms with Crippen LogP contribution in [-0.4, -0.2) is 54.5 Å². The maximum absolute atomic E-state index is 13.2. The van der Waals surface area contributed by atoms with Crippen molar-refractivity contribution in [2.45, 2.75) is 44.4 Å². The number of ether oxygens (including phenoxy) is 2. The number of carbonyl (C=O) groups is 3. The Hall–Kier alpha value is -3.10. The van der Waals surface area contributed by atoms with Gasteiger partial charge in [0.05, 0.1) is 34.8 Å². The number of rotatable bonds is 4. The Balaban J connectivity index is 1.44. The third kappa shape index (κ3) is 5.29. The average molecular weight is 472 g/mol. The molecule has 0 bridgehead atoms. The van der Waals surface area contributed by atoms with Crippen LogP contribution in [0.2, 0.25) is 5.02 Å². The van der Waals surface area contributed by atoms with Crippen LogP contribution in [-0.2, 0) is 14.3 Å². The lowest BCUT2D eigenvalue weighted by atomic mass is 9.94. The fraction of sp³-hybridized carbons (Fsp3) is 0.375. The second kappa shape index (κ2) is 9.80. The van der Waals surface area contributed by atoms with Crippen molar-refractivity contribution < 1.29 is 23.9 Å². The number of fused-ring (bicyclic) bond motifs is 2. The van der Waals surface area contributed by atoms with E-state index in [1.165, 1.54) is 6.92 Å². The Morgan fingerprint density at radius 3 is 2.70 bits per heavy atom. The van der Waals surface area contributed by atoms with Crippen LogP contribution in [0.5, 0.6) is 5.75 Å². The van der Waals surface area contributed by atoms with Crippen molar-refractivity contribution in [3.8, 4) is 5.75 Å². The predicted molar refractivity (Wildman–Crippen MR) is 125 cm³/mol. The summed E-state index contributed by atoms with van der Waals surface area (Å²) in [5.74, 6) is -0.168. The summed E-state index contributed by atoms with van der Waals surface area (Å²) in [5, 5.41) is 5.99. The fourth-order valence-corrected chi connectivity index (χ4v) is 4.46. The van der Waals surface area contributed by atoms with Gasteiger partial charge in [-0.05, 0) is 43.2 Å². The molecule has 0 aliphatic carbocycles. The second-order valence-electron chi connectivity index (χ2n) is 8.29. The number of nitrogens with one attached hydrogen (secondary N) is 2. The van der Waals surface area contributed by atoms with Gasteiger partial charge in [0.15, 0.2) is 0 Å². The Morgan fingerprint density at radius 2 is 1.94 bits per heavy atom. The zero-order valence-corrected chi connectivity index (χ0v) is 19.2. The molecule has 2 aromatic carbocycles. The van der Waals surface area contributed by atoms with Gasteiger partial charge in [-0.3, -0.25) is 14.4 Å². The van der Waals surface area contributed by atoms with E-state index in [0.29, 0.717) is 40.6 Å². The fourth-order valence-electron chi connectivity index (χ4n) is 4.28. The Morgan fingerprint density at radius 1 is 1.15 bits per heavy atom. The summed E-state index contributed by atoms with van der Waals surface area (Å²) >= 11 is 6.12. The summed E-state index contributed by atoms with van der Waals surface area (Å²) in [6, 6.07) is 11.9. The molecule has 0 aromatic heterocycles. The summed E-state index contributed by atoms with van der Waals surface area (Å²) in [6.07, 6.45) is 0.841. The molecule has 8 nitrogen and oxygen atoms in total. The quantitative estimate of drug-likeness (QED) is 0.708. The molecular weight excluding hydrogens is 446 g/mol. The molecule has 0 unspecified atom stereocenters. The number of likely N-dealkylation sites (N-methyl/N-ethyl adjacent to an activating group) is 1. The molecule has 2 heterocycles. The molecule has 2 N–H and O–H groups in total. The van der Waals surface area contributed by atoms with E-state index < -0.39 is 0 Å². The molecule has 3 atom stereocenters. The summed E-state index contributed by atoms with van der Waals surface area (Å²) in [5.41, 5.74) is 1.49. The third-order valence-electron chi connectivity index (χ3n) is 5.89. The number of benzene rings is 2. The summed E-state index contributed by atoms with van der Waals surface area (Å²) in [7, 11) is 1.74. The number of amides is 3. The predicted octanol–water partition coefficient (Wildman–Crippen LogP) is 3.71. The molecular formula is C24H26ClN3O5. The molecule has 2 aliphatic heterocycles. The molecule has 174 valence electrons. The molecule has 33 heavy (non-hydrogen) atoms. The van der Waals surface area contributed by atoms with Gasteiger partial charge in [0.1, 0.15) is 18.5 Å². The lowest BCUT2D eigenvalue weighted by molar-refractivity contribution is -0.130. The van der Waals surface area contributed by atoms with Gasteiger partial charge in [-0.15, -0.1) is 0 Å². The van der Waals surface area contributed by atoms with E-state index in [0.717, 1.165) is 0 Å². The van der Waals surface area contributed by atoms with Crippen LogP contribution < -0.4 is 15.4 Å². The van der Waals surface area contributed by atoms with E-state index in [9.17, 15) is 14.4 Å². The Labute approximate surface area is 197 Å². The van der Waals surface area contributed by atoms with Crippen LogP contribution in [0.4, 0.5) is 11.4 Å². The van der Waals surface area contributed by atoms with Gasteiger partial charge in [0, 0.05) is 19.7 Å². The topological polar surface area (TPSA) is 97.0 Å². The average Bonchev–Trinajstić information content (AvgIpc) is 2.78. The summed E-state index contributed by atoms with van der Waals surface area (Å²) in [4.78, 5) is 38.8. The van der Waals surface area contributed by atoms with Crippen molar-refractivity contribution in [2.24, 2.45) is 0 Å². The zero-order chi connectivity index (χ0) is 23.5. The zero-order valence-electron chi connectivity index (χ0n) is 18.5. The molecule has 2 aliphatic rings. The first-order chi connectivity index (χ1) is 15.8. The number of anilines is 2. The van der Waals surface area contributed by atoms with Crippen molar-refractivity contribution in [1.29, 1.82) is 0 Å². The molecule has 1 fully saturated rings. The molecule has 0 radical (unpaired) electrons. The Kier molecular flexibility index (Phi) is 6.85. The normalized spacial score (nSPS) is 22.2. The number of hydrogen-bond donors (Lipinski definition) is 2. The highest BCUT2D eigenvalue weighted by atomic mass is 35.5. The second-order valence-corrected chi connectivity index (χ2v) is 8.70. The van der Waals surface area contributed by atoms with Crippen LogP contribution in [0.3, 0.4) is 0 Å². The number of carbonyl (C=O) groups excluding carboxylic acids is 3. The van der Waals surface area contributed by atoms with E-state index in [1.807, 2.05) is 0 Å². The van der Waals surface area contributed by atoms with E-state index in [4.69, 9.17) is 21.1 Å². The lowest BCUT2D eigenvalue weighted by Gasteiger charge is -2.42. The summed E-state index contributed by atoms with van der Waals surface area (Å²) in [6.45, 7) is 1.66. The number of para-hydroxylation sites is 1. The number of nitrogens with zero attached hydrogens (tertiary/aromatic N) is 1. The Bertz CT molecular complexity index is 1080. The van der Waals surface area contributed by atoms with E-state index >= 15 is 0 Å². The highest BCUT2D eigenvalue weighted by Crippen LogP contribution is 2.32. The van der Waals surface area contributed by atoms with Gasteiger partial charge in [-0.1, -0.05) is 23.7 Å². The first-order valence-corrected chi connectivity index (χ1v) is 11.2. The molecule has 4 rings (SSSR count). The molecule has 9 heteroatoms. The molecule has 0 saturated carbocycles. The van der Waals surface area contributed by atoms with Gasteiger partial charge < -0.3 is 25.0 Å². The highest BCUT2D eigenvalue weighted by Gasteiger charge is 2.39. The van der Waals surface area contributed by atoms with Gasteiger partial charge in [-0.25, -0.2) is 0 Å². The van der Waals surface area contributed by atoms with Crippen molar-refractivity contribution in [3.63, 3.8) is 0 Å². The maximum atomic E-state index is 13.2. The van der Waals surface area contributed by atoms with Crippen LogP contribution in [0.15, 0.2) is 42.5 Å². The van der Waals surface area contributed by atoms with Crippen molar-refractivity contribution in [3.05, 3.63) is 53.1 Å². The third-order valence-corrected chi connectivity index (χ3v) is 6.22. The highest BCUT2D eigenvalue weighted by molar-refractivity contribution is 6.33. The van der Waals surface area contributed by atoms with Gasteiger partial charge in [0.25, 0.3) is 5.91 Å². The van der Waals surface area contributed by atoms with Crippen LogP contribution >= 0.6 is 11.6 Å². The van der Waals surface area contributed by atoms with Crippen LogP contribution in [0.25, 0.3) is 0 Å². The largest absolute Gasteiger partial charge is 0.490 e. The number of hydrogen-bond acceptors (Lipinski definition) is 5. The lowest BCUT2D eigenvalue weighted by Crippen LogP contribution is -2.53. The van der Waals surface area contributed by atoms with Crippen molar-refractivity contribution >= 4 is 40.7 Å². The molecule has 3 amide bonds. The van der Waals surface area contributed by atoms with Gasteiger partial charge >= 0.3 is 0 Å². The molecule has 2 aromatic rings. The minimum absolute atomic E-state index is 0.182. The number of halogens is 1. The smallest absolute Gasteiger partial charge is 0.257 e. The molecule has 0 spiro atoms. The van der Waals surface area contributed by atoms with Crippen LogP contribution in [0, 0.1) is 0 Å². The van der Waals surface area contributed by atoms with E-state index in [-0.39, 0.29) is 49.0 Å². The van der Waals surface area contributed by atoms with Gasteiger partial charge in [-0.2, -0.15) is 0 Å². The van der Waals surface area contributed by atoms with Crippen molar-refractivity contribution in [2.75, 3.05) is 24.3 Å².